The van der Waals surface area contributed by atoms with Gasteiger partial charge < -0.3 is 4.57 Å². The zero-order chi connectivity index (χ0) is 15.4. The maximum atomic E-state index is 13.8. The van der Waals surface area contributed by atoms with Crippen LogP contribution in [-0.4, -0.2) is 9.55 Å². The normalized spacial score (nSPS) is 13.0. The molecule has 1 aromatic carbocycles. The fourth-order valence-corrected chi connectivity index (χ4v) is 3.01. The molecule has 0 bridgehead atoms. The minimum absolute atomic E-state index is 0.103. The maximum absolute atomic E-state index is 13.8. The Balaban J connectivity index is 2.38. The van der Waals surface area contributed by atoms with Gasteiger partial charge in [0.2, 0.25) is 0 Å². The molecule has 1 unspecified atom stereocenters. The number of rotatable bonds is 7. The zero-order valence-electron chi connectivity index (χ0n) is 12.5. The minimum atomic E-state index is -0.409. The van der Waals surface area contributed by atoms with Gasteiger partial charge in [-0.3, -0.25) is 0 Å². The van der Waals surface area contributed by atoms with Crippen LogP contribution in [-0.2, 0) is 12.4 Å². The van der Waals surface area contributed by atoms with E-state index in [2.05, 4.69) is 18.8 Å². The quantitative estimate of drug-likeness (QED) is 0.588. The SMILES string of the molecule is CCCCC(CC)Cn1c(CCl)nc2cc(Cl)c(F)cc21. The van der Waals surface area contributed by atoms with Crippen molar-refractivity contribution in [3.8, 4) is 0 Å². The highest BCUT2D eigenvalue weighted by Gasteiger charge is 2.16. The zero-order valence-corrected chi connectivity index (χ0v) is 14.0. The van der Waals surface area contributed by atoms with Gasteiger partial charge in [-0.05, 0) is 18.4 Å². The summed E-state index contributed by atoms with van der Waals surface area (Å²) < 4.78 is 15.8. The lowest BCUT2D eigenvalue weighted by Gasteiger charge is -2.17. The van der Waals surface area contributed by atoms with E-state index in [-0.39, 0.29) is 5.02 Å². The summed E-state index contributed by atoms with van der Waals surface area (Å²) in [5.41, 5.74) is 1.49. The number of aromatic nitrogens is 2. The summed E-state index contributed by atoms with van der Waals surface area (Å²) in [5, 5.41) is 0.103. The molecule has 1 aromatic heterocycles. The summed E-state index contributed by atoms with van der Waals surface area (Å²) in [6.07, 6.45) is 4.66. The van der Waals surface area contributed by atoms with Crippen molar-refractivity contribution in [1.82, 2.24) is 9.55 Å². The van der Waals surface area contributed by atoms with E-state index in [0.717, 1.165) is 24.3 Å². The Hall–Kier alpha value is -0.800. The molecular weight excluding hydrogens is 310 g/mol. The molecule has 2 aromatic rings. The van der Waals surface area contributed by atoms with Crippen LogP contribution in [0.1, 0.15) is 45.4 Å². The average Bonchev–Trinajstić information content (AvgIpc) is 2.81. The molecule has 2 nitrogen and oxygen atoms in total. The van der Waals surface area contributed by atoms with E-state index in [4.69, 9.17) is 23.2 Å². The predicted molar refractivity (Wildman–Crippen MR) is 87.6 cm³/mol. The molecule has 0 radical (unpaired) electrons. The van der Waals surface area contributed by atoms with Gasteiger partial charge in [0, 0.05) is 12.6 Å². The van der Waals surface area contributed by atoms with Crippen LogP contribution in [0.4, 0.5) is 4.39 Å². The van der Waals surface area contributed by atoms with Crippen molar-refractivity contribution in [2.24, 2.45) is 5.92 Å². The Bertz CT molecular complexity index is 610. The Morgan fingerprint density at radius 2 is 2.10 bits per heavy atom. The second-order valence-corrected chi connectivity index (χ2v) is 6.12. The molecule has 1 atom stereocenters. The summed E-state index contributed by atoms with van der Waals surface area (Å²) in [4.78, 5) is 4.48. The van der Waals surface area contributed by atoms with Crippen molar-refractivity contribution < 1.29 is 4.39 Å². The summed E-state index contributed by atoms with van der Waals surface area (Å²) in [7, 11) is 0. The number of imidazole rings is 1. The fourth-order valence-electron chi connectivity index (χ4n) is 2.65. The van der Waals surface area contributed by atoms with Gasteiger partial charge in [0.15, 0.2) is 0 Å². The Labute approximate surface area is 135 Å². The molecule has 0 saturated heterocycles. The molecule has 21 heavy (non-hydrogen) atoms. The van der Waals surface area contributed by atoms with E-state index in [1.54, 1.807) is 6.07 Å². The maximum Gasteiger partial charge on any atom is 0.144 e. The number of halogens is 3. The van der Waals surface area contributed by atoms with Gasteiger partial charge in [0.25, 0.3) is 0 Å². The third kappa shape index (κ3) is 3.70. The Morgan fingerprint density at radius 1 is 1.33 bits per heavy atom. The number of unbranched alkanes of at least 4 members (excludes halogenated alkanes) is 1. The molecular formula is C16H21Cl2FN2. The molecule has 0 N–H and O–H groups in total. The van der Waals surface area contributed by atoms with E-state index in [9.17, 15) is 4.39 Å². The molecule has 0 aliphatic carbocycles. The number of nitrogens with zero attached hydrogens (tertiary/aromatic N) is 2. The molecule has 0 saturated carbocycles. The minimum Gasteiger partial charge on any atom is -0.327 e. The Morgan fingerprint density at radius 3 is 2.71 bits per heavy atom. The highest BCUT2D eigenvalue weighted by molar-refractivity contribution is 6.31. The van der Waals surface area contributed by atoms with Crippen LogP contribution < -0.4 is 0 Å². The van der Waals surface area contributed by atoms with E-state index >= 15 is 0 Å². The van der Waals surface area contributed by atoms with Gasteiger partial charge in [0.05, 0.1) is 21.9 Å². The summed E-state index contributed by atoms with van der Waals surface area (Å²) in [6, 6.07) is 3.04. The highest BCUT2D eigenvalue weighted by atomic mass is 35.5. The van der Waals surface area contributed by atoms with E-state index in [0.29, 0.717) is 17.3 Å². The molecule has 2 rings (SSSR count). The first-order chi connectivity index (χ1) is 10.1. The van der Waals surface area contributed by atoms with Gasteiger partial charge >= 0.3 is 0 Å². The van der Waals surface area contributed by atoms with Crippen LogP contribution in [0.3, 0.4) is 0 Å². The van der Waals surface area contributed by atoms with Gasteiger partial charge in [-0.2, -0.15) is 0 Å². The number of hydrogen-bond acceptors (Lipinski definition) is 1. The van der Waals surface area contributed by atoms with Gasteiger partial charge in [-0.25, -0.2) is 9.37 Å². The third-order valence-electron chi connectivity index (χ3n) is 3.97. The molecule has 0 fully saturated rings. The molecule has 116 valence electrons. The lowest BCUT2D eigenvalue weighted by Crippen LogP contribution is -2.12. The first kappa shape index (κ1) is 16.6. The standard InChI is InChI=1S/C16H21Cl2FN2/c1-3-5-6-11(4-2)10-21-15-8-13(19)12(18)7-14(15)20-16(21)9-17/h7-8,11H,3-6,9-10H2,1-2H3. The van der Waals surface area contributed by atoms with Crippen molar-refractivity contribution in [2.75, 3.05) is 0 Å². The largest absolute Gasteiger partial charge is 0.327 e. The van der Waals surface area contributed by atoms with Gasteiger partial charge in [-0.15, -0.1) is 11.6 Å². The summed E-state index contributed by atoms with van der Waals surface area (Å²) in [5.74, 6) is 1.25. The van der Waals surface area contributed by atoms with E-state index in [1.165, 1.54) is 25.3 Å². The second kappa shape index (κ2) is 7.46. The summed E-state index contributed by atoms with van der Waals surface area (Å²) >= 11 is 11.8. The second-order valence-electron chi connectivity index (χ2n) is 5.44. The van der Waals surface area contributed by atoms with Gasteiger partial charge in [-0.1, -0.05) is 44.7 Å². The van der Waals surface area contributed by atoms with Crippen molar-refractivity contribution in [3.05, 3.63) is 28.8 Å². The van der Waals surface area contributed by atoms with Crippen LogP contribution in [0.25, 0.3) is 11.0 Å². The van der Waals surface area contributed by atoms with Crippen molar-refractivity contribution in [2.45, 2.75) is 52.0 Å². The topological polar surface area (TPSA) is 17.8 Å². The van der Waals surface area contributed by atoms with Crippen molar-refractivity contribution in [1.29, 1.82) is 0 Å². The lowest BCUT2D eigenvalue weighted by atomic mass is 9.99. The van der Waals surface area contributed by atoms with Crippen LogP contribution in [0.5, 0.6) is 0 Å². The van der Waals surface area contributed by atoms with Crippen LogP contribution in [0, 0.1) is 11.7 Å². The van der Waals surface area contributed by atoms with Crippen LogP contribution >= 0.6 is 23.2 Å². The number of fused-ring (bicyclic) bond motifs is 1. The molecule has 0 amide bonds. The first-order valence-electron chi connectivity index (χ1n) is 7.50. The Kier molecular flexibility index (Phi) is 5.88. The molecule has 5 heteroatoms. The van der Waals surface area contributed by atoms with Crippen molar-refractivity contribution >= 4 is 34.2 Å². The molecule has 0 aliphatic rings. The van der Waals surface area contributed by atoms with Crippen molar-refractivity contribution in [3.63, 3.8) is 0 Å². The molecule has 0 spiro atoms. The van der Waals surface area contributed by atoms with E-state index in [1.807, 2.05) is 4.57 Å². The van der Waals surface area contributed by atoms with E-state index < -0.39 is 5.82 Å². The van der Waals surface area contributed by atoms with Crippen LogP contribution in [0.15, 0.2) is 12.1 Å². The smallest absolute Gasteiger partial charge is 0.144 e. The molecule has 1 heterocycles. The van der Waals surface area contributed by atoms with Gasteiger partial charge in [0.1, 0.15) is 11.6 Å². The number of benzene rings is 1. The highest BCUT2D eigenvalue weighted by Crippen LogP contribution is 2.26. The van der Waals surface area contributed by atoms with Crippen LogP contribution in [0.2, 0.25) is 5.02 Å². The first-order valence-corrected chi connectivity index (χ1v) is 8.42. The monoisotopic (exact) mass is 330 g/mol. The fraction of sp³-hybridized carbons (Fsp3) is 0.562. The molecule has 0 aliphatic heterocycles. The number of alkyl halides is 1. The lowest BCUT2D eigenvalue weighted by molar-refractivity contribution is 0.391. The third-order valence-corrected chi connectivity index (χ3v) is 4.50. The predicted octanol–water partition coefficient (Wildman–Crippen LogP) is 5.78. The number of hydrogen-bond donors (Lipinski definition) is 0. The summed E-state index contributed by atoms with van der Waals surface area (Å²) in [6.45, 7) is 5.22. The average molecular weight is 331 g/mol.